The summed E-state index contributed by atoms with van der Waals surface area (Å²) >= 11 is 0. The molecule has 23 heavy (non-hydrogen) atoms. The van der Waals surface area contributed by atoms with E-state index in [1.54, 1.807) is 6.07 Å². The molecule has 2 rings (SSSR count). The van der Waals surface area contributed by atoms with E-state index in [4.69, 9.17) is 0 Å². The third-order valence-electron chi connectivity index (χ3n) is 3.53. The lowest BCUT2D eigenvalue weighted by Crippen LogP contribution is -2.28. The Hall–Kier alpha value is -2.18. The topological polar surface area (TPSA) is 83.5 Å². The summed E-state index contributed by atoms with van der Waals surface area (Å²) < 4.78 is 23.0. The highest BCUT2D eigenvalue weighted by Gasteiger charge is 2.14. The van der Waals surface area contributed by atoms with Crippen LogP contribution in [0.1, 0.15) is 27.6 Å². The Morgan fingerprint density at radius 2 is 1.87 bits per heavy atom. The summed E-state index contributed by atoms with van der Waals surface area (Å²) in [5.74, 6) is -0.428. The van der Waals surface area contributed by atoms with Crippen LogP contribution in [0.3, 0.4) is 0 Å². The number of rotatable bonds is 5. The summed E-state index contributed by atoms with van der Waals surface area (Å²) in [6.45, 7) is 1.93. The van der Waals surface area contributed by atoms with E-state index in [2.05, 4.69) is 5.32 Å². The maximum absolute atomic E-state index is 12.1. The van der Waals surface area contributed by atoms with Gasteiger partial charge in [0.05, 0.1) is 11.0 Å². The van der Waals surface area contributed by atoms with Crippen molar-refractivity contribution in [2.45, 2.75) is 17.9 Å². The molecule has 2 aromatic carbocycles. The number of benzene rings is 2. The molecule has 0 bridgehead atoms. The fourth-order valence-electron chi connectivity index (χ4n) is 2.23. The molecule has 0 saturated heterocycles. The van der Waals surface area contributed by atoms with Gasteiger partial charge in [0.25, 0.3) is 5.91 Å². The highest BCUT2D eigenvalue weighted by molar-refractivity contribution is 7.90. The Labute approximate surface area is 135 Å². The first-order valence-electron chi connectivity index (χ1n) is 7.11. The second-order valence-electron chi connectivity index (χ2n) is 5.38. The molecule has 1 amide bonds. The van der Waals surface area contributed by atoms with E-state index >= 15 is 0 Å². The average Bonchev–Trinajstić information content (AvgIpc) is 2.52. The molecule has 0 radical (unpaired) electrons. The van der Waals surface area contributed by atoms with Crippen molar-refractivity contribution in [3.63, 3.8) is 0 Å². The maximum atomic E-state index is 12.1. The van der Waals surface area contributed by atoms with Crippen LogP contribution in [0.25, 0.3) is 0 Å². The molecule has 122 valence electrons. The molecule has 0 fully saturated rings. The van der Waals surface area contributed by atoms with Crippen LogP contribution in [-0.2, 0) is 9.84 Å². The van der Waals surface area contributed by atoms with Gasteiger partial charge in [-0.2, -0.15) is 0 Å². The van der Waals surface area contributed by atoms with Gasteiger partial charge < -0.3 is 10.4 Å². The smallest absolute Gasteiger partial charge is 0.251 e. The number of hydrogen-bond donors (Lipinski definition) is 2. The standard InChI is InChI=1S/C17H19NO4S/c1-12-6-3-4-9-15(12)16(19)11-18-17(20)13-7-5-8-14(10-13)23(2,21)22/h3-10,16,19H,11H2,1-2H3,(H,18,20)/t16-/m0/s1. The monoisotopic (exact) mass is 333 g/mol. The number of aliphatic hydroxyl groups is 1. The van der Waals surface area contributed by atoms with Crippen molar-refractivity contribution in [3.8, 4) is 0 Å². The van der Waals surface area contributed by atoms with Gasteiger partial charge in [-0.3, -0.25) is 4.79 Å². The first-order chi connectivity index (χ1) is 10.8. The summed E-state index contributed by atoms with van der Waals surface area (Å²) in [7, 11) is -3.37. The van der Waals surface area contributed by atoms with Crippen LogP contribution in [0.5, 0.6) is 0 Å². The van der Waals surface area contributed by atoms with Crippen molar-refractivity contribution in [1.29, 1.82) is 0 Å². The first kappa shape index (κ1) is 17.2. The molecule has 2 aromatic rings. The molecule has 0 aromatic heterocycles. The minimum Gasteiger partial charge on any atom is -0.387 e. The Balaban J connectivity index is 2.07. The van der Waals surface area contributed by atoms with Gasteiger partial charge in [0.1, 0.15) is 0 Å². The van der Waals surface area contributed by atoms with E-state index in [0.717, 1.165) is 17.4 Å². The van der Waals surface area contributed by atoms with Crippen molar-refractivity contribution < 1.29 is 18.3 Å². The fourth-order valence-corrected chi connectivity index (χ4v) is 2.90. The normalized spacial score (nSPS) is 12.7. The van der Waals surface area contributed by atoms with Crippen molar-refractivity contribution >= 4 is 15.7 Å². The van der Waals surface area contributed by atoms with Crippen LogP contribution in [-0.4, -0.2) is 32.2 Å². The Kier molecular flexibility index (Phi) is 5.18. The molecule has 1 atom stereocenters. The number of nitrogens with one attached hydrogen (secondary N) is 1. The van der Waals surface area contributed by atoms with E-state index in [1.807, 2.05) is 25.1 Å². The summed E-state index contributed by atoms with van der Waals surface area (Å²) in [5, 5.41) is 12.8. The number of aryl methyl sites for hydroxylation is 1. The zero-order chi connectivity index (χ0) is 17.0. The highest BCUT2D eigenvalue weighted by Crippen LogP contribution is 2.17. The number of sulfone groups is 1. The quantitative estimate of drug-likeness (QED) is 0.875. The SMILES string of the molecule is Cc1ccccc1[C@@H](O)CNC(=O)c1cccc(S(C)(=O)=O)c1. The second kappa shape index (κ2) is 6.93. The summed E-state index contributed by atoms with van der Waals surface area (Å²) in [6, 6.07) is 13.2. The zero-order valence-electron chi connectivity index (χ0n) is 13.0. The molecule has 6 heteroatoms. The van der Waals surface area contributed by atoms with Crippen LogP contribution in [0.2, 0.25) is 0 Å². The van der Waals surface area contributed by atoms with Gasteiger partial charge in [-0.1, -0.05) is 30.3 Å². The van der Waals surface area contributed by atoms with E-state index in [1.165, 1.54) is 24.3 Å². The van der Waals surface area contributed by atoms with Gasteiger partial charge in [-0.15, -0.1) is 0 Å². The van der Waals surface area contributed by atoms with E-state index < -0.39 is 21.8 Å². The summed E-state index contributed by atoms with van der Waals surface area (Å²) in [4.78, 5) is 12.2. The summed E-state index contributed by atoms with van der Waals surface area (Å²) in [6.07, 6.45) is 0.268. The third kappa shape index (κ3) is 4.40. The molecule has 0 heterocycles. The van der Waals surface area contributed by atoms with E-state index in [-0.39, 0.29) is 17.0 Å². The zero-order valence-corrected chi connectivity index (χ0v) is 13.8. The summed E-state index contributed by atoms with van der Waals surface area (Å²) in [5.41, 5.74) is 1.93. The lowest BCUT2D eigenvalue weighted by Gasteiger charge is -2.14. The van der Waals surface area contributed by atoms with Crippen molar-refractivity contribution in [2.75, 3.05) is 12.8 Å². The first-order valence-corrected chi connectivity index (χ1v) is 9.00. The molecule has 0 saturated carbocycles. The number of carbonyl (C=O) groups is 1. The average molecular weight is 333 g/mol. The van der Waals surface area contributed by atoms with Crippen LogP contribution in [0.4, 0.5) is 0 Å². The largest absolute Gasteiger partial charge is 0.387 e. The molecule has 0 aliphatic rings. The molecule has 0 spiro atoms. The van der Waals surface area contributed by atoms with Gasteiger partial charge >= 0.3 is 0 Å². The van der Waals surface area contributed by atoms with Crippen LogP contribution < -0.4 is 5.32 Å². The minimum atomic E-state index is -3.37. The van der Waals surface area contributed by atoms with Gasteiger partial charge in [-0.25, -0.2) is 8.42 Å². The number of aliphatic hydroxyl groups excluding tert-OH is 1. The molecular weight excluding hydrogens is 314 g/mol. The van der Waals surface area contributed by atoms with Gasteiger partial charge in [0.15, 0.2) is 9.84 Å². The molecular formula is C17H19NO4S. The lowest BCUT2D eigenvalue weighted by molar-refractivity contribution is 0.0915. The van der Waals surface area contributed by atoms with Gasteiger partial charge in [0.2, 0.25) is 0 Å². The van der Waals surface area contributed by atoms with Gasteiger partial charge in [-0.05, 0) is 36.2 Å². The number of carbonyl (C=O) groups excluding carboxylic acids is 1. The van der Waals surface area contributed by atoms with Gasteiger partial charge in [0, 0.05) is 18.4 Å². The van der Waals surface area contributed by atoms with Crippen LogP contribution in [0.15, 0.2) is 53.4 Å². The molecule has 0 aliphatic heterocycles. The van der Waals surface area contributed by atoms with Crippen molar-refractivity contribution in [2.24, 2.45) is 0 Å². The maximum Gasteiger partial charge on any atom is 0.251 e. The molecule has 5 nitrogen and oxygen atoms in total. The Bertz CT molecular complexity index is 815. The Morgan fingerprint density at radius 1 is 1.17 bits per heavy atom. The highest BCUT2D eigenvalue weighted by atomic mass is 32.2. The Morgan fingerprint density at radius 3 is 2.52 bits per heavy atom. The van der Waals surface area contributed by atoms with Crippen molar-refractivity contribution in [3.05, 3.63) is 65.2 Å². The number of hydrogen-bond acceptors (Lipinski definition) is 4. The van der Waals surface area contributed by atoms with E-state index in [0.29, 0.717) is 0 Å². The van der Waals surface area contributed by atoms with Crippen LogP contribution in [0, 0.1) is 6.92 Å². The predicted octanol–water partition coefficient (Wildman–Crippen LogP) is 1.86. The van der Waals surface area contributed by atoms with Crippen LogP contribution >= 0.6 is 0 Å². The second-order valence-corrected chi connectivity index (χ2v) is 7.40. The predicted molar refractivity (Wildman–Crippen MR) is 88.0 cm³/mol. The third-order valence-corrected chi connectivity index (χ3v) is 4.64. The number of amides is 1. The molecule has 0 aliphatic carbocycles. The molecule has 0 unspecified atom stereocenters. The molecule has 2 N–H and O–H groups in total. The van der Waals surface area contributed by atoms with E-state index in [9.17, 15) is 18.3 Å². The van der Waals surface area contributed by atoms with Crippen molar-refractivity contribution in [1.82, 2.24) is 5.32 Å². The minimum absolute atomic E-state index is 0.0484. The fraction of sp³-hybridized carbons (Fsp3) is 0.235. The lowest BCUT2D eigenvalue weighted by atomic mass is 10.0.